The Morgan fingerprint density at radius 1 is 1.21 bits per heavy atom. The number of hydrogen-bond acceptors (Lipinski definition) is 5. The zero-order chi connectivity index (χ0) is 17.4. The molecule has 0 aliphatic rings. The first-order valence-corrected chi connectivity index (χ1v) is 7.63. The summed E-state index contributed by atoms with van der Waals surface area (Å²) in [6.07, 6.45) is 2.45. The maximum absolute atomic E-state index is 11.9. The van der Waals surface area contributed by atoms with Crippen molar-refractivity contribution in [2.45, 2.75) is 13.3 Å². The van der Waals surface area contributed by atoms with Crippen LogP contribution in [0.3, 0.4) is 0 Å². The van der Waals surface area contributed by atoms with Gasteiger partial charge in [-0.1, -0.05) is 6.92 Å². The fourth-order valence-corrected chi connectivity index (χ4v) is 1.96. The fourth-order valence-electron chi connectivity index (χ4n) is 1.96. The molecule has 0 saturated heterocycles. The standard InChI is InChI=1S/C18H21N3O3/c1-3-10-24-17-11-13(4-9-16(17)23-2)12-20-21-18(22)14-5-7-15(19)8-6-14/h4-9,11-12H,3,10,19H2,1-2H3,(H,21,22)/b20-12-. The van der Waals surface area contributed by atoms with E-state index < -0.39 is 0 Å². The monoisotopic (exact) mass is 327 g/mol. The maximum atomic E-state index is 11.9. The number of ether oxygens (including phenoxy) is 2. The van der Waals surface area contributed by atoms with Crippen LogP contribution in [0, 0.1) is 0 Å². The van der Waals surface area contributed by atoms with E-state index in [1.54, 1.807) is 43.7 Å². The Kier molecular flexibility index (Phi) is 6.19. The molecule has 0 heterocycles. The third-order valence-electron chi connectivity index (χ3n) is 3.20. The number of carbonyl (C=O) groups is 1. The molecule has 2 aromatic carbocycles. The third kappa shape index (κ3) is 4.74. The number of methoxy groups -OCH3 is 1. The van der Waals surface area contributed by atoms with Crippen LogP contribution in [0.15, 0.2) is 47.6 Å². The molecular formula is C18H21N3O3. The second-order valence-corrected chi connectivity index (χ2v) is 5.08. The minimum absolute atomic E-state index is 0.304. The van der Waals surface area contributed by atoms with Gasteiger partial charge in [0.15, 0.2) is 11.5 Å². The minimum atomic E-state index is -0.304. The summed E-state index contributed by atoms with van der Waals surface area (Å²) in [7, 11) is 1.59. The number of nitrogens with zero attached hydrogens (tertiary/aromatic N) is 1. The summed E-state index contributed by atoms with van der Waals surface area (Å²) >= 11 is 0. The number of carbonyl (C=O) groups excluding carboxylic acids is 1. The van der Waals surface area contributed by atoms with Crippen LogP contribution in [0.25, 0.3) is 0 Å². The quantitative estimate of drug-likeness (QED) is 0.465. The van der Waals surface area contributed by atoms with Crippen LogP contribution in [-0.2, 0) is 0 Å². The summed E-state index contributed by atoms with van der Waals surface area (Å²) in [6.45, 7) is 2.63. The molecule has 126 valence electrons. The van der Waals surface area contributed by atoms with Gasteiger partial charge in [0.2, 0.25) is 0 Å². The molecule has 0 fully saturated rings. The van der Waals surface area contributed by atoms with Crippen molar-refractivity contribution in [2.75, 3.05) is 19.5 Å². The lowest BCUT2D eigenvalue weighted by Crippen LogP contribution is -2.17. The molecule has 2 aromatic rings. The van der Waals surface area contributed by atoms with Crippen molar-refractivity contribution in [1.82, 2.24) is 5.43 Å². The Morgan fingerprint density at radius 3 is 2.62 bits per heavy atom. The van der Waals surface area contributed by atoms with E-state index in [-0.39, 0.29) is 5.91 Å². The lowest BCUT2D eigenvalue weighted by atomic mass is 10.2. The Morgan fingerprint density at radius 2 is 1.96 bits per heavy atom. The van der Waals surface area contributed by atoms with E-state index in [1.165, 1.54) is 0 Å². The molecule has 0 bridgehead atoms. The molecule has 1 amide bonds. The van der Waals surface area contributed by atoms with Crippen LogP contribution in [-0.4, -0.2) is 25.8 Å². The highest BCUT2D eigenvalue weighted by molar-refractivity contribution is 5.95. The van der Waals surface area contributed by atoms with Gasteiger partial charge in [-0.3, -0.25) is 4.79 Å². The van der Waals surface area contributed by atoms with Crippen molar-refractivity contribution in [2.24, 2.45) is 5.10 Å². The molecule has 24 heavy (non-hydrogen) atoms. The van der Waals surface area contributed by atoms with Crippen LogP contribution >= 0.6 is 0 Å². The van der Waals surface area contributed by atoms with Gasteiger partial charge in [0, 0.05) is 11.3 Å². The molecule has 2 rings (SSSR count). The van der Waals surface area contributed by atoms with Gasteiger partial charge in [0.05, 0.1) is 19.9 Å². The molecule has 6 nitrogen and oxygen atoms in total. The van der Waals surface area contributed by atoms with Crippen LogP contribution in [0.1, 0.15) is 29.3 Å². The predicted octanol–water partition coefficient (Wildman–Crippen LogP) is 2.83. The molecular weight excluding hydrogens is 306 g/mol. The van der Waals surface area contributed by atoms with E-state index in [9.17, 15) is 4.79 Å². The van der Waals surface area contributed by atoms with Crippen LogP contribution in [0.5, 0.6) is 11.5 Å². The van der Waals surface area contributed by atoms with Gasteiger partial charge in [-0.05, 0) is 54.4 Å². The maximum Gasteiger partial charge on any atom is 0.271 e. The van der Waals surface area contributed by atoms with Gasteiger partial charge in [-0.25, -0.2) is 5.43 Å². The Balaban J connectivity index is 2.03. The topological polar surface area (TPSA) is 85.9 Å². The molecule has 0 saturated carbocycles. The Bertz CT molecular complexity index is 712. The number of rotatable bonds is 7. The normalized spacial score (nSPS) is 10.6. The van der Waals surface area contributed by atoms with Crippen molar-refractivity contribution in [1.29, 1.82) is 0 Å². The first-order valence-electron chi connectivity index (χ1n) is 7.63. The lowest BCUT2D eigenvalue weighted by Gasteiger charge is -2.10. The number of nitrogens with two attached hydrogens (primary N) is 1. The van der Waals surface area contributed by atoms with E-state index in [1.807, 2.05) is 19.1 Å². The minimum Gasteiger partial charge on any atom is -0.493 e. The fraction of sp³-hybridized carbons (Fsp3) is 0.222. The highest BCUT2D eigenvalue weighted by Crippen LogP contribution is 2.27. The summed E-state index contributed by atoms with van der Waals surface area (Å²) in [5.41, 5.74) is 9.95. The summed E-state index contributed by atoms with van der Waals surface area (Å²) in [5.74, 6) is 1.00. The van der Waals surface area contributed by atoms with Crippen LogP contribution in [0.4, 0.5) is 5.69 Å². The van der Waals surface area contributed by atoms with Gasteiger partial charge in [0.1, 0.15) is 0 Å². The highest BCUT2D eigenvalue weighted by Gasteiger charge is 2.05. The molecule has 3 N–H and O–H groups in total. The van der Waals surface area contributed by atoms with Crippen molar-refractivity contribution in [3.63, 3.8) is 0 Å². The second-order valence-electron chi connectivity index (χ2n) is 5.08. The Hall–Kier alpha value is -3.02. The van der Waals surface area contributed by atoms with E-state index in [0.717, 1.165) is 12.0 Å². The average molecular weight is 327 g/mol. The number of hydrogen-bond donors (Lipinski definition) is 2. The predicted molar refractivity (Wildman–Crippen MR) is 94.7 cm³/mol. The zero-order valence-electron chi connectivity index (χ0n) is 13.8. The number of amides is 1. The van der Waals surface area contributed by atoms with Gasteiger partial charge in [0.25, 0.3) is 5.91 Å². The summed E-state index contributed by atoms with van der Waals surface area (Å²) < 4.78 is 10.9. The first-order chi connectivity index (χ1) is 11.6. The number of nitrogen functional groups attached to an aromatic ring is 1. The average Bonchev–Trinajstić information content (AvgIpc) is 2.60. The van der Waals surface area contributed by atoms with Gasteiger partial charge in [-0.15, -0.1) is 0 Å². The molecule has 0 spiro atoms. The third-order valence-corrected chi connectivity index (χ3v) is 3.20. The van der Waals surface area contributed by atoms with Gasteiger partial charge < -0.3 is 15.2 Å². The zero-order valence-corrected chi connectivity index (χ0v) is 13.8. The molecule has 0 aromatic heterocycles. The number of benzene rings is 2. The van der Waals surface area contributed by atoms with Crippen molar-refractivity contribution in [3.8, 4) is 11.5 Å². The molecule has 0 aliphatic heterocycles. The van der Waals surface area contributed by atoms with Crippen molar-refractivity contribution < 1.29 is 14.3 Å². The molecule has 0 radical (unpaired) electrons. The number of nitrogens with one attached hydrogen (secondary N) is 1. The molecule has 0 unspecified atom stereocenters. The van der Waals surface area contributed by atoms with Gasteiger partial charge in [-0.2, -0.15) is 5.10 Å². The van der Waals surface area contributed by atoms with E-state index in [2.05, 4.69) is 10.5 Å². The SMILES string of the molecule is CCCOc1cc(/C=N\NC(=O)c2ccc(N)cc2)ccc1OC. The van der Waals surface area contributed by atoms with Crippen molar-refractivity contribution >= 4 is 17.8 Å². The molecule has 6 heteroatoms. The molecule has 0 aliphatic carbocycles. The number of hydrazone groups is 1. The smallest absolute Gasteiger partial charge is 0.271 e. The van der Waals surface area contributed by atoms with E-state index >= 15 is 0 Å². The van der Waals surface area contributed by atoms with E-state index in [4.69, 9.17) is 15.2 Å². The number of anilines is 1. The summed E-state index contributed by atoms with van der Waals surface area (Å²) in [4.78, 5) is 11.9. The lowest BCUT2D eigenvalue weighted by molar-refractivity contribution is 0.0955. The van der Waals surface area contributed by atoms with Gasteiger partial charge >= 0.3 is 0 Å². The van der Waals surface area contributed by atoms with E-state index in [0.29, 0.717) is 29.4 Å². The largest absolute Gasteiger partial charge is 0.493 e. The van der Waals surface area contributed by atoms with Crippen LogP contribution in [0.2, 0.25) is 0 Å². The second kappa shape index (κ2) is 8.57. The van der Waals surface area contributed by atoms with Crippen molar-refractivity contribution in [3.05, 3.63) is 53.6 Å². The summed E-state index contributed by atoms with van der Waals surface area (Å²) in [6, 6.07) is 12.1. The Labute approximate surface area is 141 Å². The molecule has 0 atom stereocenters. The first kappa shape index (κ1) is 17.3. The highest BCUT2D eigenvalue weighted by atomic mass is 16.5. The summed E-state index contributed by atoms with van der Waals surface area (Å²) in [5, 5.41) is 3.97. The van der Waals surface area contributed by atoms with Crippen LogP contribution < -0.4 is 20.6 Å².